The number of nitrogens with one attached hydrogen (secondary N) is 1. The molecule has 1 atom stereocenters. The Hall–Kier alpha value is -2.93. The van der Waals surface area contributed by atoms with Gasteiger partial charge in [0, 0.05) is 0 Å². The topological polar surface area (TPSA) is 98.8 Å². The van der Waals surface area contributed by atoms with Gasteiger partial charge in [0.05, 0.1) is 25.6 Å². The first-order valence-electron chi connectivity index (χ1n) is 7.16. The molecule has 0 saturated carbocycles. The fraction of sp³-hybridized carbons (Fsp3) is 0.188. The molecular formula is C16H17N5O2. The second-order valence-corrected chi connectivity index (χ2v) is 5.03. The summed E-state index contributed by atoms with van der Waals surface area (Å²) in [5.74, 6) is 0.0481. The van der Waals surface area contributed by atoms with Crippen LogP contribution in [-0.4, -0.2) is 32.7 Å². The third-order valence-electron chi connectivity index (χ3n) is 3.49. The summed E-state index contributed by atoms with van der Waals surface area (Å²) < 4.78 is 7.37. The van der Waals surface area contributed by atoms with Crippen molar-refractivity contribution in [1.82, 2.24) is 19.5 Å². The Morgan fingerprint density at radius 3 is 2.91 bits per heavy atom. The van der Waals surface area contributed by atoms with Gasteiger partial charge in [0.1, 0.15) is 0 Å². The highest BCUT2D eigenvalue weighted by atomic mass is 16.5. The number of fused-ring (bicyclic) bond motifs is 1. The molecule has 0 spiro atoms. The minimum Gasteiger partial charge on any atom is -0.375 e. The summed E-state index contributed by atoms with van der Waals surface area (Å²) in [5, 5.41) is 0. The Morgan fingerprint density at radius 1 is 1.39 bits per heavy atom. The summed E-state index contributed by atoms with van der Waals surface area (Å²) in [6, 6.07) is 9.57. The van der Waals surface area contributed by atoms with Crippen molar-refractivity contribution >= 4 is 17.1 Å². The van der Waals surface area contributed by atoms with Crippen LogP contribution in [0.2, 0.25) is 0 Å². The molecule has 0 bridgehead atoms. The van der Waals surface area contributed by atoms with Crippen molar-refractivity contribution in [2.24, 2.45) is 0 Å². The SMILES string of the molecule is C=CCOCC(c1ccccc1)n1cnc2nc(N)[nH]c(=O)c21. The van der Waals surface area contributed by atoms with Gasteiger partial charge >= 0.3 is 0 Å². The summed E-state index contributed by atoms with van der Waals surface area (Å²) in [7, 11) is 0. The van der Waals surface area contributed by atoms with E-state index in [1.54, 1.807) is 17.0 Å². The molecule has 1 unspecified atom stereocenters. The van der Waals surface area contributed by atoms with Crippen molar-refractivity contribution in [3.05, 3.63) is 65.2 Å². The molecule has 3 N–H and O–H groups in total. The molecule has 0 aliphatic heterocycles. The minimum atomic E-state index is -0.324. The molecule has 0 aliphatic rings. The second kappa shape index (κ2) is 6.45. The van der Waals surface area contributed by atoms with Crippen LogP contribution in [0, 0.1) is 0 Å². The molecule has 0 fully saturated rings. The first-order valence-corrected chi connectivity index (χ1v) is 7.16. The van der Waals surface area contributed by atoms with E-state index in [1.165, 1.54) is 0 Å². The number of hydrogen-bond donors (Lipinski definition) is 2. The van der Waals surface area contributed by atoms with E-state index >= 15 is 0 Å². The standard InChI is InChI=1S/C16H17N5O2/c1-2-8-23-9-12(11-6-4-3-5-7-11)21-10-18-14-13(21)15(22)20-16(17)19-14/h2-7,10,12H,1,8-9H2,(H3,17,19,20,22). The maximum atomic E-state index is 12.3. The molecule has 0 radical (unpaired) electrons. The Bertz CT molecular complexity index is 869. The molecule has 0 amide bonds. The van der Waals surface area contributed by atoms with Crippen LogP contribution >= 0.6 is 0 Å². The van der Waals surface area contributed by atoms with Crippen molar-refractivity contribution in [1.29, 1.82) is 0 Å². The molecule has 7 heteroatoms. The van der Waals surface area contributed by atoms with Gasteiger partial charge in [0.15, 0.2) is 11.2 Å². The van der Waals surface area contributed by atoms with Crippen LogP contribution in [0.25, 0.3) is 11.2 Å². The number of imidazole rings is 1. The Balaban J connectivity index is 2.09. The fourth-order valence-electron chi connectivity index (χ4n) is 2.48. The number of H-pyrrole nitrogens is 1. The summed E-state index contributed by atoms with van der Waals surface area (Å²) in [6.45, 7) is 4.45. The zero-order valence-corrected chi connectivity index (χ0v) is 12.5. The maximum Gasteiger partial charge on any atom is 0.278 e. The number of ether oxygens (including phenoxy) is 1. The van der Waals surface area contributed by atoms with Gasteiger partial charge in [-0.05, 0) is 5.56 Å². The number of rotatable bonds is 6. The van der Waals surface area contributed by atoms with Crippen LogP contribution in [0.3, 0.4) is 0 Å². The predicted octanol–water partition coefficient (Wildman–Crippen LogP) is 1.49. The highest BCUT2D eigenvalue weighted by Crippen LogP contribution is 2.22. The lowest BCUT2D eigenvalue weighted by molar-refractivity contribution is 0.139. The average molecular weight is 311 g/mol. The summed E-state index contributed by atoms with van der Waals surface area (Å²) in [6.07, 6.45) is 3.27. The van der Waals surface area contributed by atoms with Crippen LogP contribution in [0.5, 0.6) is 0 Å². The van der Waals surface area contributed by atoms with E-state index in [2.05, 4.69) is 21.5 Å². The smallest absolute Gasteiger partial charge is 0.278 e. The van der Waals surface area contributed by atoms with Crippen LogP contribution in [0.1, 0.15) is 11.6 Å². The van der Waals surface area contributed by atoms with E-state index in [0.29, 0.717) is 24.4 Å². The van der Waals surface area contributed by atoms with Gasteiger partial charge in [-0.3, -0.25) is 9.78 Å². The third kappa shape index (κ3) is 3.00. The molecule has 3 rings (SSSR count). The van der Waals surface area contributed by atoms with Crippen LogP contribution in [-0.2, 0) is 4.74 Å². The number of hydrogen-bond acceptors (Lipinski definition) is 5. The predicted molar refractivity (Wildman–Crippen MR) is 88.2 cm³/mol. The molecule has 2 aromatic heterocycles. The van der Waals surface area contributed by atoms with Gasteiger partial charge in [0.25, 0.3) is 5.56 Å². The van der Waals surface area contributed by atoms with Crippen LogP contribution in [0.4, 0.5) is 5.95 Å². The molecule has 0 saturated heterocycles. The van der Waals surface area contributed by atoms with Crippen molar-refractivity contribution < 1.29 is 4.74 Å². The van der Waals surface area contributed by atoms with E-state index in [1.807, 2.05) is 30.3 Å². The second-order valence-electron chi connectivity index (χ2n) is 5.03. The number of nitrogens with zero attached hydrogens (tertiary/aromatic N) is 3. The normalized spacial score (nSPS) is 12.3. The third-order valence-corrected chi connectivity index (χ3v) is 3.49. The van der Waals surface area contributed by atoms with Gasteiger partial charge in [-0.15, -0.1) is 6.58 Å². The highest BCUT2D eigenvalue weighted by Gasteiger charge is 2.19. The van der Waals surface area contributed by atoms with Crippen molar-refractivity contribution in [2.45, 2.75) is 6.04 Å². The molecule has 0 aliphatic carbocycles. The molecule has 23 heavy (non-hydrogen) atoms. The van der Waals surface area contributed by atoms with Crippen LogP contribution < -0.4 is 11.3 Å². The van der Waals surface area contributed by atoms with Crippen molar-refractivity contribution in [3.63, 3.8) is 0 Å². The maximum absolute atomic E-state index is 12.3. The summed E-state index contributed by atoms with van der Waals surface area (Å²) in [5.41, 5.74) is 6.94. The van der Waals surface area contributed by atoms with Gasteiger partial charge in [0.2, 0.25) is 5.95 Å². The highest BCUT2D eigenvalue weighted by molar-refractivity contribution is 5.71. The van der Waals surface area contributed by atoms with E-state index in [9.17, 15) is 4.79 Å². The lowest BCUT2D eigenvalue weighted by Gasteiger charge is -2.19. The van der Waals surface area contributed by atoms with Crippen molar-refractivity contribution in [3.8, 4) is 0 Å². The fourth-order valence-corrected chi connectivity index (χ4v) is 2.48. The quantitative estimate of drug-likeness (QED) is 0.531. The Labute approximate surface area is 132 Å². The molecule has 3 aromatic rings. The number of anilines is 1. The Kier molecular flexibility index (Phi) is 4.20. The monoisotopic (exact) mass is 311 g/mol. The van der Waals surface area contributed by atoms with Crippen molar-refractivity contribution in [2.75, 3.05) is 18.9 Å². The summed E-state index contributed by atoms with van der Waals surface area (Å²) in [4.78, 5) is 23.0. The van der Waals surface area contributed by atoms with E-state index in [0.717, 1.165) is 5.56 Å². The van der Waals surface area contributed by atoms with Crippen LogP contribution in [0.15, 0.2) is 54.1 Å². The zero-order valence-electron chi connectivity index (χ0n) is 12.5. The lowest BCUT2D eigenvalue weighted by Crippen LogP contribution is -2.21. The molecular weight excluding hydrogens is 294 g/mol. The minimum absolute atomic E-state index is 0.0481. The van der Waals surface area contributed by atoms with E-state index in [4.69, 9.17) is 10.5 Å². The summed E-state index contributed by atoms with van der Waals surface area (Å²) >= 11 is 0. The molecule has 2 heterocycles. The van der Waals surface area contributed by atoms with E-state index in [-0.39, 0.29) is 17.5 Å². The number of aromatic nitrogens is 4. The first kappa shape index (κ1) is 15.0. The van der Waals surface area contributed by atoms with E-state index < -0.39 is 0 Å². The number of nitrogens with two attached hydrogens (primary N) is 1. The first-order chi connectivity index (χ1) is 11.2. The largest absolute Gasteiger partial charge is 0.375 e. The van der Waals surface area contributed by atoms with Gasteiger partial charge in [-0.1, -0.05) is 36.4 Å². The van der Waals surface area contributed by atoms with Gasteiger partial charge in [-0.25, -0.2) is 4.98 Å². The number of aromatic amines is 1. The number of benzene rings is 1. The van der Waals surface area contributed by atoms with Gasteiger partial charge in [-0.2, -0.15) is 4.98 Å². The number of nitrogen functional groups attached to an aromatic ring is 1. The molecule has 7 nitrogen and oxygen atoms in total. The van der Waals surface area contributed by atoms with Gasteiger partial charge < -0.3 is 15.0 Å². The molecule has 1 aromatic carbocycles. The molecule has 118 valence electrons. The lowest BCUT2D eigenvalue weighted by atomic mass is 10.1. The Morgan fingerprint density at radius 2 is 2.17 bits per heavy atom. The zero-order chi connectivity index (χ0) is 16.2. The average Bonchev–Trinajstić information content (AvgIpc) is 2.96.